The van der Waals surface area contributed by atoms with Gasteiger partial charge in [-0.1, -0.05) is 22.6 Å². The molecule has 0 aromatic carbocycles. The Kier molecular flexibility index (Phi) is 8.04. The van der Waals surface area contributed by atoms with Gasteiger partial charge in [0.2, 0.25) is 0 Å². The van der Waals surface area contributed by atoms with Crippen LogP contribution in [0.25, 0.3) is 0 Å². The van der Waals surface area contributed by atoms with Gasteiger partial charge in [0.25, 0.3) is 0 Å². The Morgan fingerprint density at radius 3 is 2.64 bits per heavy atom. The molecule has 1 rings (SSSR count). The van der Waals surface area contributed by atoms with Crippen LogP contribution in [0.1, 0.15) is 12.8 Å². The molecule has 0 unspecified atom stereocenters. The van der Waals surface area contributed by atoms with Gasteiger partial charge in [-0.3, -0.25) is 4.90 Å². The van der Waals surface area contributed by atoms with Gasteiger partial charge < -0.3 is 10.1 Å². The number of nitrogens with zero attached hydrogens (tertiary/aromatic N) is 1. The lowest BCUT2D eigenvalue weighted by molar-refractivity contribution is 0.0384. The Morgan fingerprint density at radius 1 is 1.14 bits per heavy atom. The molecule has 0 bridgehead atoms. The third kappa shape index (κ3) is 6.16. The molecule has 0 aromatic rings. The summed E-state index contributed by atoms with van der Waals surface area (Å²) in [6.07, 6.45) is 2.65. The number of unbranched alkanes of at least 4 members (excludes halogenated alkanes) is 1. The van der Waals surface area contributed by atoms with E-state index in [4.69, 9.17) is 4.74 Å². The quantitative estimate of drug-likeness (QED) is 0.433. The van der Waals surface area contributed by atoms with Gasteiger partial charge in [0.1, 0.15) is 0 Å². The first-order chi connectivity index (χ1) is 6.93. The van der Waals surface area contributed by atoms with E-state index in [9.17, 15) is 0 Å². The maximum atomic E-state index is 5.30. The summed E-state index contributed by atoms with van der Waals surface area (Å²) in [4.78, 5) is 2.47. The maximum Gasteiger partial charge on any atom is 0.0594 e. The second-order valence-corrected chi connectivity index (χ2v) is 4.68. The molecule has 1 aliphatic heterocycles. The van der Waals surface area contributed by atoms with Gasteiger partial charge in [0.15, 0.2) is 0 Å². The Labute approximate surface area is 101 Å². The van der Waals surface area contributed by atoms with E-state index in [0.29, 0.717) is 0 Å². The minimum absolute atomic E-state index is 0.912. The lowest BCUT2D eigenvalue weighted by Gasteiger charge is -2.26. The highest BCUT2D eigenvalue weighted by Gasteiger charge is 2.08. The van der Waals surface area contributed by atoms with Gasteiger partial charge in [0.05, 0.1) is 13.2 Å². The Hall–Kier alpha value is 0.610. The molecule has 0 amide bonds. The molecule has 14 heavy (non-hydrogen) atoms. The monoisotopic (exact) mass is 312 g/mol. The third-order valence-electron chi connectivity index (χ3n) is 2.45. The van der Waals surface area contributed by atoms with Gasteiger partial charge in [-0.25, -0.2) is 0 Å². The number of hydrogen-bond acceptors (Lipinski definition) is 3. The van der Waals surface area contributed by atoms with Crippen molar-refractivity contribution in [2.45, 2.75) is 12.8 Å². The van der Waals surface area contributed by atoms with Crippen molar-refractivity contribution in [2.24, 2.45) is 0 Å². The SMILES string of the molecule is ICCCCNCCN1CCOCC1. The van der Waals surface area contributed by atoms with Gasteiger partial charge in [-0.2, -0.15) is 0 Å². The fourth-order valence-electron chi connectivity index (χ4n) is 1.53. The van der Waals surface area contributed by atoms with Crippen LogP contribution in [0.4, 0.5) is 0 Å². The van der Waals surface area contributed by atoms with Crippen molar-refractivity contribution in [2.75, 3.05) is 50.4 Å². The molecule has 84 valence electrons. The van der Waals surface area contributed by atoms with E-state index in [0.717, 1.165) is 32.8 Å². The first-order valence-corrected chi connectivity index (χ1v) is 7.03. The Balaban J connectivity index is 1.82. The molecule has 0 aromatic heterocycles. The van der Waals surface area contributed by atoms with Crippen molar-refractivity contribution in [3.63, 3.8) is 0 Å². The normalized spacial score (nSPS) is 18.6. The molecule has 0 aliphatic carbocycles. The van der Waals surface area contributed by atoms with E-state index >= 15 is 0 Å². The van der Waals surface area contributed by atoms with Crippen molar-refractivity contribution in [3.8, 4) is 0 Å². The fraction of sp³-hybridized carbons (Fsp3) is 1.00. The summed E-state index contributed by atoms with van der Waals surface area (Å²) in [5, 5.41) is 3.48. The smallest absolute Gasteiger partial charge is 0.0594 e. The maximum absolute atomic E-state index is 5.30. The summed E-state index contributed by atoms with van der Waals surface area (Å²) in [6, 6.07) is 0. The predicted octanol–water partition coefficient (Wildman–Crippen LogP) is 1.12. The molecule has 0 radical (unpaired) electrons. The van der Waals surface area contributed by atoms with E-state index in [1.165, 1.54) is 30.4 Å². The predicted molar refractivity (Wildman–Crippen MR) is 68.2 cm³/mol. The molecule has 0 saturated carbocycles. The number of ether oxygens (including phenoxy) is 1. The van der Waals surface area contributed by atoms with Crippen molar-refractivity contribution in [3.05, 3.63) is 0 Å². The minimum Gasteiger partial charge on any atom is -0.379 e. The van der Waals surface area contributed by atoms with Crippen LogP contribution in [0.5, 0.6) is 0 Å². The zero-order chi connectivity index (χ0) is 10.1. The summed E-state index contributed by atoms with van der Waals surface area (Å²) in [5.41, 5.74) is 0. The highest BCUT2D eigenvalue weighted by atomic mass is 127. The van der Waals surface area contributed by atoms with E-state index in [1.54, 1.807) is 0 Å². The van der Waals surface area contributed by atoms with Crippen LogP contribution in [-0.4, -0.2) is 55.3 Å². The zero-order valence-electron chi connectivity index (χ0n) is 8.80. The molecule has 1 saturated heterocycles. The molecule has 1 N–H and O–H groups in total. The molecule has 1 heterocycles. The highest BCUT2D eigenvalue weighted by Crippen LogP contribution is 1.95. The second kappa shape index (κ2) is 8.88. The number of hydrogen-bond donors (Lipinski definition) is 1. The largest absolute Gasteiger partial charge is 0.379 e. The van der Waals surface area contributed by atoms with Crippen molar-refractivity contribution < 1.29 is 4.74 Å². The third-order valence-corrected chi connectivity index (χ3v) is 3.21. The van der Waals surface area contributed by atoms with Crippen LogP contribution in [0.2, 0.25) is 0 Å². The fourth-order valence-corrected chi connectivity index (χ4v) is 2.07. The number of rotatable bonds is 7. The highest BCUT2D eigenvalue weighted by molar-refractivity contribution is 14.1. The summed E-state index contributed by atoms with van der Waals surface area (Å²) in [6.45, 7) is 7.51. The first-order valence-electron chi connectivity index (χ1n) is 5.50. The molecule has 4 heteroatoms. The number of halogens is 1. The lowest BCUT2D eigenvalue weighted by atomic mass is 10.3. The topological polar surface area (TPSA) is 24.5 Å². The van der Waals surface area contributed by atoms with E-state index in [1.807, 2.05) is 0 Å². The minimum atomic E-state index is 0.912. The number of nitrogens with one attached hydrogen (secondary N) is 1. The molecule has 0 spiro atoms. The molecule has 1 fully saturated rings. The van der Waals surface area contributed by atoms with Gasteiger partial charge in [0, 0.05) is 26.2 Å². The van der Waals surface area contributed by atoms with Crippen LogP contribution < -0.4 is 5.32 Å². The summed E-state index contributed by atoms with van der Waals surface area (Å²) in [7, 11) is 0. The molecule has 1 aliphatic rings. The molecule has 0 atom stereocenters. The van der Waals surface area contributed by atoms with Gasteiger partial charge >= 0.3 is 0 Å². The van der Waals surface area contributed by atoms with Crippen molar-refractivity contribution >= 4 is 22.6 Å². The standard InChI is InChI=1S/C10H21IN2O/c11-3-1-2-4-12-5-6-13-7-9-14-10-8-13/h12H,1-10H2. The van der Waals surface area contributed by atoms with Gasteiger partial charge in [-0.15, -0.1) is 0 Å². The number of alkyl halides is 1. The van der Waals surface area contributed by atoms with E-state index < -0.39 is 0 Å². The van der Waals surface area contributed by atoms with Crippen LogP contribution in [0.3, 0.4) is 0 Å². The zero-order valence-corrected chi connectivity index (χ0v) is 11.0. The Bertz CT molecular complexity index is 129. The average Bonchev–Trinajstić information content (AvgIpc) is 2.25. The lowest BCUT2D eigenvalue weighted by Crippen LogP contribution is -2.40. The molecular formula is C10H21IN2O. The van der Waals surface area contributed by atoms with Crippen LogP contribution in [0, 0.1) is 0 Å². The molecular weight excluding hydrogens is 291 g/mol. The summed E-state index contributed by atoms with van der Waals surface area (Å²) in [5.74, 6) is 0. The summed E-state index contributed by atoms with van der Waals surface area (Å²) < 4.78 is 6.58. The van der Waals surface area contributed by atoms with Crippen molar-refractivity contribution in [1.82, 2.24) is 10.2 Å². The van der Waals surface area contributed by atoms with E-state index in [2.05, 4.69) is 32.8 Å². The van der Waals surface area contributed by atoms with Crippen molar-refractivity contribution in [1.29, 1.82) is 0 Å². The molecule has 3 nitrogen and oxygen atoms in total. The summed E-state index contributed by atoms with van der Waals surface area (Å²) >= 11 is 2.43. The number of morpholine rings is 1. The average molecular weight is 312 g/mol. The van der Waals surface area contributed by atoms with Crippen LogP contribution >= 0.6 is 22.6 Å². The second-order valence-electron chi connectivity index (χ2n) is 3.60. The van der Waals surface area contributed by atoms with Crippen LogP contribution in [-0.2, 0) is 4.74 Å². The van der Waals surface area contributed by atoms with Gasteiger partial charge in [-0.05, 0) is 23.8 Å². The Morgan fingerprint density at radius 2 is 1.93 bits per heavy atom. The van der Waals surface area contributed by atoms with Crippen LogP contribution in [0.15, 0.2) is 0 Å². The first kappa shape index (κ1) is 12.7. The van der Waals surface area contributed by atoms with E-state index in [-0.39, 0.29) is 0 Å².